The molecule has 0 aromatic heterocycles. The third-order valence-electron chi connectivity index (χ3n) is 4.85. The first-order valence-electron chi connectivity index (χ1n) is 8.28. The van der Waals surface area contributed by atoms with Crippen LogP contribution in [0.5, 0.6) is 0 Å². The van der Waals surface area contributed by atoms with Gasteiger partial charge in [0.05, 0.1) is 5.75 Å². The molecule has 132 valence electrons. The van der Waals surface area contributed by atoms with Crippen LogP contribution in [0.4, 0.5) is 0 Å². The summed E-state index contributed by atoms with van der Waals surface area (Å²) in [7, 11) is -2.92. The number of amides is 1. The zero-order valence-electron chi connectivity index (χ0n) is 13.8. The molecule has 1 amide bonds. The first-order chi connectivity index (χ1) is 11.3. The minimum Gasteiger partial charge on any atom is -0.340 e. The van der Waals surface area contributed by atoms with Crippen LogP contribution in [-0.4, -0.2) is 68.9 Å². The van der Waals surface area contributed by atoms with E-state index < -0.39 is 9.84 Å². The maximum Gasteiger partial charge on any atom is 0.226 e. The Bertz CT molecular complexity index is 714. The smallest absolute Gasteiger partial charge is 0.226 e. The van der Waals surface area contributed by atoms with E-state index in [1.165, 1.54) is 11.8 Å². The van der Waals surface area contributed by atoms with Crippen molar-refractivity contribution in [3.05, 3.63) is 34.3 Å². The molecule has 1 saturated heterocycles. The van der Waals surface area contributed by atoms with Gasteiger partial charge in [-0.05, 0) is 30.0 Å². The summed E-state index contributed by atoms with van der Waals surface area (Å²) in [5.41, 5.74) is 1.23. The van der Waals surface area contributed by atoms with Gasteiger partial charge in [0.25, 0.3) is 0 Å². The number of carbonyl (C=O) groups is 1. The average molecular weight is 415 g/mol. The second kappa shape index (κ2) is 7.14. The largest absolute Gasteiger partial charge is 0.340 e. The quantitative estimate of drug-likeness (QED) is 0.735. The molecular formula is C17H23BrN2O3S. The van der Waals surface area contributed by atoms with Crippen LogP contribution in [0.15, 0.2) is 28.7 Å². The summed E-state index contributed by atoms with van der Waals surface area (Å²) in [6.45, 7) is 3.48. The molecule has 2 unspecified atom stereocenters. The van der Waals surface area contributed by atoms with Crippen LogP contribution in [-0.2, 0) is 14.6 Å². The van der Waals surface area contributed by atoms with Gasteiger partial charge in [-0.15, -0.1) is 0 Å². The normalized spacial score (nSPS) is 24.8. The van der Waals surface area contributed by atoms with Crippen molar-refractivity contribution in [1.82, 2.24) is 9.80 Å². The summed E-state index contributed by atoms with van der Waals surface area (Å²) in [6, 6.07) is 8.20. The monoisotopic (exact) mass is 414 g/mol. The number of sulfone groups is 1. The highest BCUT2D eigenvalue weighted by atomic mass is 79.9. The zero-order chi connectivity index (χ0) is 17.3. The maximum atomic E-state index is 12.7. The summed E-state index contributed by atoms with van der Waals surface area (Å²) < 4.78 is 23.5. The predicted molar refractivity (Wildman–Crippen MR) is 97.7 cm³/mol. The van der Waals surface area contributed by atoms with Crippen molar-refractivity contribution in [2.75, 3.05) is 44.7 Å². The first kappa shape index (κ1) is 17.9. The van der Waals surface area contributed by atoms with Crippen LogP contribution in [0.25, 0.3) is 0 Å². The Morgan fingerprint density at radius 2 is 1.96 bits per heavy atom. The summed E-state index contributed by atoms with van der Waals surface area (Å²) in [5, 5.41) is 0. The summed E-state index contributed by atoms with van der Waals surface area (Å²) in [4.78, 5) is 16.7. The number of rotatable bonds is 5. The molecule has 0 N–H and O–H groups in total. The van der Waals surface area contributed by atoms with Gasteiger partial charge in [-0.3, -0.25) is 9.69 Å². The van der Waals surface area contributed by atoms with E-state index in [-0.39, 0.29) is 17.6 Å². The Morgan fingerprint density at radius 1 is 1.25 bits per heavy atom. The van der Waals surface area contributed by atoms with Gasteiger partial charge in [0.2, 0.25) is 5.91 Å². The van der Waals surface area contributed by atoms with Crippen molar-refractivity contribution in [3.63, 3.8) is 0 Å². The minimum absolute atomic E-state index is 0.113. The van der Waals surface area contributed by atoms with E-state index in [2.05, 4.69) is 33.0 Å². The van der Waals surface area contributed by atoms with E-state index >= 15 is 0 Å². The highest BCUT2D eigenvalue weighted by Crippen LogP contribution is 2.48. The van der Waals surface area contributed by atoms with Crippen LogP contribution in [0.3, 0.4) is 0 Å². The van der Waals surface area contributed by atoms with Gasteiger partial charge < -0.3 is 4.90 Å². The highest BCUT2D eigenvalue weighted by molar-refractivity contribution is 9.10. The number of benzene rings is 1. The van der Waals surface area contributed by atoms with Crippen LogP contribution in [0.1, 0.15) is 17.9 Å². The summed E-state index contributed by atoms with van der Waals surface area (Å²) in [6.07, 6.45) is 2.20. The fourth-order valence-electron chi connectivity index (χ4n) is 3.29. The molecule has 3 rings (SSSR count). The number of nitrogens with zero attached hydrogens (tertiary/aromatic N) is 2. The second-order valence-electron chi connectivity index (χ2n) is 6.80. The van der Waals surface area contributed by atoms with Gasteiger partial charge in [-0.2, -0.15) is 0 Å². The molecule has 1 saturated carbocycles. The van der Waals surface area contributed by atoms with Crippen molar-refractivity contribution >= 4 is 31.7 Å². The Morgan fingerprint density at radius 3 is 2.58 bits per heavy atom. The fraction of sp³-hybridized carbons (Fsp3) is 0.588. The van der Waals surface area contributed by atoms with E-state index in [1.54, 1.807) is 0 Å². The molecule has 1 aromatic carbocycles. The van der Waals surface area contributed by atoms with Gasteiger partial charge in [0.1, 0.15) is 9.84 Å². The lowest BCUT2D eigenvalue weighted by atomic mass is 10.1. The Balaban J connectivity index is 1.48. The van der Waals surface area contributed by atoms with Crippen LogP contribution < -0.4 is 0 Å². The SMILES string of the molecule is CS(=O)(=O)CCN1CCN(C(=O)C2CC2c2cccc(Br)c2)CC1. The second-order valence-corrected chi connectivity index (χ2v) is 9.98. The minimum atomic E-state index is -2.92. The van der Waals surface area contributed by atoms with Crippen molar-refractivity contribution in [1.29, 1.82) is 0 Å². The molecule has 7 heteroatoms. The molecule has 1 heterocycles. The molecule has 2 aliphatic rings. The van der Waals surface area contributed by atoms with E-state index in [0.717, 1.165) is 24.0 Å². The number of hydrogen-bond donors (Lipinski definition) is 0. The molecular weight excluding hydrogens is 392 g/mol. The van der Waals surface area contributed by atoms with Gasteiger partial charge in [-0.1, -0.05) is 28.1 Å². The molecule has 0 radical (unpaired) electrons. The lowest BCUT2D eigenvalue weighted by Gasteiger charge is -2.34. The molecule has 2 fully saturated rings. The molecule has 24 heavy (non-hydrogen) atoms. The summed E-state index contributed by atoms with van der Waals surface area (Å²) >= 11 is 3.48. The van der Waals surface area contributed by atoms with E-state index in [9.17, 15) is 13.2 Å². The highest BCUT2D eigenvalue weighted by Gasteiger charge is 2.46. The van der Waals surface area contributed by atoms with E-state index in [1.807, 2.05) is 17.0 Å². The van der Waals surface area contributed by atoms with Gasteiger partial charge >= 0.3 is 0 Å². The number of carbonyl (C=O) groups excluding carboxylic acids is 1. The molecule has 0 bridgehead atoms. The Labute approximate surface area is 152 Å². The van der Waals surface area contributed by atoms with Gasteiger partial charge in [0, 0.05) is 49.4 Å². The van der Waals surface area contributed by atoms with Crippen LogP contribution in [0, 0.1) is 5.92 Å². The van der Waals surface area contributed by atoms with Crippen molar-refractivity contribution < 1.29 is 13.2 Å². The van der Waals surface area contributed by atoms with Crippen LogP contribution >= 0.6 is 15.9 Å². The van der Waals surface area contributed by atoms with Crippen molar-refractivity contribution in [2.24, 2.45) is 5.92 Å². The number of hydrogen-bond acceptors (Lipinski definition) is 4. The summed E-state index contributed by atoms with van der Waals surface area (Å²) in [5.74, 6) is 0.900. The lowest BCUT2D eigenvalue weighted by molar-refractivity contribution is -0.134. The van der Waals surface area contributed by atoms with Crippen LogP contribution in [0.2, 0.25) is 0 Å². The molecule has 2 atom stereocenters. The fourth-order valence-corrected chi connectivity index (χ4v) is 4.30. The van der Waals surface area contributed by atoms with Crippen molar-refractivity contribution in [2.45, 2.75) is 12.3 Å². The maximum absolute atomic E-state index is 12.7. The number of piperazine rings is 1. The third-order valence-corrected chi connectivity index (χ3v) is 6.26. The average Bonchev–Trinajstić information content (AvgIpc) is 3.33. The topological polar surface area (TPSA) is 57.7 Å². The molecule has 0 spiro atoms. The van der Waals surface area contributed by atoms with E-state index in [0.29, 0.717) is 25.6 Å². The molecule has 1 aromatic rings. The Hall–Kier alpha value is -0.920. The zero-order valence-corrected chi connectivity index (χ0v) is 16.2. The molecule has 1 aliphatic heterocycles. The van der Waals surface area contributed by atoms with Gasteiger partial charge in [-0.25, -0.2) is 8.42 Å². The number of halogens is 1. The third kappa shape index (κ3) is 4.58. The predicted octanol–water partition coefficient (Wildman–Crippen LogP) is 1.74. The van der Waals surface area contributed by atoms with Gasteiger partial charge in [0.15, 0.2) is 0 Å². The molecule has 1 aliphatic carbocycles. The Kier molecular flexibility index (Phi) is 5.32. The van der Waals surface area contributed by atoms with E-state index in [4.69, 9.17) is 0 Å². The van der Waals surface area contributed by atoms with Crippen molar-refractivity contribution in [3.8, 4) is 0 Å². The first-order valence-corrected chi connectivity index (χ1v) is 11.1. The molecule has 5 nitrogen and oxygen atoms in total. The lowest BCUT2D eigenvalue weighted by Crippen LogP contribution is -2.50. The standard InChI is InChI=1S/C17H23BrN2O3S/c1-24(22,23)10-9-19-5-7-20(8-6-19)17(21)16-12-15(16)13-3-2-4-14(18)11-13/h2-4,11,15-16H,5-10,12H2,1H3.